The fraction of sp³-hybridized carbons (Fsp3) is 0.450. The van der Waals surface area contributed by atoms with E-state index < -0.39 is 5.60 Å². The molecule has 0 radical (unpaired) electrons. The number of benzene rings is 1. The first-order valence-corrected chi connectivity index (χ1v) is 10.2. The van der Waals surface area contributed by atoms with Crippen LogP contribution in [0.4, 0.5) is 4.79 Å². The van der Waals surface area contributed by atoms with Crippen LogP contribution in [0.5, 0.6) is 0 Å². The molecule has 0 unspecified atom stereocenters. The number of likely N-dealkylation sites (tertiary alicyclic amines) is 1. The maximum atomic E-state index is 12.0. The zero-order valence-electron chi connectivity index (χ0n) is 17.1. The summed E-state index contributed by atoms with van der Waals surface area (Å²) in [6, 6.07) is 10.3. The van der Waals surface area contributed by atoms with Crippen LogP contribution in [0.1, 0.15) is 26.5 Å². The summed E-state index contributed by atoms with van der Waals surface area (Å²) in [6.07, 6.45) is -0.274. The highest BCUT2D eigenvalue weighted by Crippen LogP contribution is 2.23. The molecule has 1 aliphatic heterocycles. The van der Waals surface area contributed by atoms with E-state index in [1.54, 1.807) is 23.3 Å². The third-order valence-corrected chi connectivity index (χ3v) is 5.05. The minimum atomic E-state index is -0.473. The van der Waals surface area contributed by atoms with Crippen molar-refractivity contribution >= 4 is 47.4 Å². The lowest BCUT2D eigenvalue weighted by Crippen LogP contribution is -2.63. The van der Waals surface area contributed by atoms with Gasteiger partial charge in [0.1, 0.15) is 10.6 Å². The Balaban J connectivity index is 0.00000300. The zero-order valence-corrected chi connectivity index (χ0v) is 20.3. The van der Waals surface area contributed by atoms with E-state index in [1.807, 2.05) is 39.0 Å². The Kier molecular flexibility index (Phi) is 8.26. The summed E-state index contributed by atoms with van der Waals surface area (Å²) >= 11 is 1.63. The summed E-state index contributed by atoms with van der Waals surface area (Å²) in [5, 5.41) is 9.66. The number of guanidine groups is 1. The van der Waals surface area contributed by atoms with Crippen LogP contribution in [0.25, 0.3) is 10.6 Å². The van der Waals surface area contributed by atoms with Crippen molar-refractivity contribution in [3.63, 3.8) is 0 Å². The molecule has 1 aliphatic rings. The number of carbonyl (C=O) groups is 1. The molecule has 1 fully saturated rings. The fourth-order valence-electron chi connectivity index (χ4n) is 2.71. The molecule has 0 saturated carbocycles. The maximum absolute atomic E-state index is 12.0. The molecule has 29 heavy (non-hydrogen) atoms. The van der Waals surface area contributed by atoms with Crippen LogP contribution >= 0.6 is 35.3 Å². The molecule has 1 amide bonds. The van der Waals surface area contributed by atoms with Gasteiger partial charge in [-0.05, 0) is 20.8 Å². The lowest BCUT2D eigenvalue weighted by Gasteiger charge is -2.40. The number of thiazole rings is 1. The highest BCUT2D eigenvalue weighted by molar-refractivity contribution is 14.0. The molecule has 2 N–H and O–H groups in total. The minimum absolute atomic E-state index is 0. The Bertz CT molecular complexity index is 829. The van der Waals surface area contributed by atoms with Gasteiger partial charge in [0.25, 0.3) is 0 Å². The average molecular weight is 529 g/mol. The lowest BCUT2D eigenvalue weighted by atomic mass is 10.1. The number of ether oxygens (including phenoxy) is 1. The lowest BCUT2D eigenvalue weighted by molar-refractivity contribution is 0.00701. The van der Waals surface area contributed by atoms with Crippen LogP contribution in [-0.2, 0) is 11.3 Å². The standard InChI is InChI=1S/C20H27N5O2S.HI/c1-20(2,3)27-19(26)25-11-16(12-25)24-18(21-4)22-10-15-13-28-17(23-15)14-8-6-5-7-9-14;/h5-9,13,16H,10-12H2,1-4H3,(H2,21,22,24);1H. The second kappa shape index (κ2) is 10.2. The van der Waals surface area contributed by atoms with E-state index in [1.165, 1.54) is 0 Å². The maximum Gasteiger partial charge on any atom is 0.410 e. The molecule has 2 aromatic rings. The number of nitrogens with zero attached hydrogens (tertiary/aromatic N) is 3. The SMILES string of the molecule is CN=C(NCc1csc(-c2ccccc2)n1)NC1CN(C(=O)OC(C)(C)C)C1.I. The van der Waals surface area contributed by atoms with Crippen molar-refractivity contribution in [1.29, 1.82) is 0 Å². The number of amides is 1. The van der Waals surface area contributed by atoms with Gasteiger partial charge in [0.15, 0.2) is 5.96 Å². The molecule has 2 heterocycles. The molecule has 1 aromatic heterocycles. The zero-order chi connectivity index (χ0) is 20.1. The first kappa shape index (κ1) is 23.4. The predicted octanol–water partition coefficient (Wildman–Crippen LogP) is 3.71. The Morgan fingerprint density at radius 1 is 1.31 bits per heavy atom. The number of halogens is 1. The molecule has 158 valence electrons. The van der Waals surface area contributed by atoms with E-state index in [0.29, 0.717) is 25.6 Å². The Labute approximate surface area is 193 Å². The highest BCUT2D eigenvalue weighted by Gasteiger charge is 2.34. The van der Waals surface area contributed by atoms with E-state index in [4.69, 9.17) is 4.74 Å². The van der Waals surface area contributed by atoms with Gasteiger partial charge >= 0.3 is 6.09 Å². The monoisotopic (exact) mass is 529 g/mol. The molecule has 0 bridgehead atoms. The van der Waals surface area contributed by atoms with Crippen molar-refractivity contribution in [3.05, 3.63) is 41.4 Å². The van der Waals surface area contributed by atoms with Gasteiger partial charge in [-0.15, -0.1) is 35.3 Å². The van der Waals surface area contributed by atoms with Crippen LogP contribution < -0.4 is 10.6 Å². The van der Waals surface area contributed by atoms with Gasteiger partial charge in [-0.3, -0.25) is 4.99 Å². The smallest absolute Gasteiger partial charge is 0.410 e. The van der Waals surface area contributed by atoms with Crippen LogP contribution in [0.2, 0.25) is 0 Å². The summed E-state index contributed by atoms with van der Waals surface area (Å²) in [4.78, 5) is 22.6. The van der Waals surface area contributed by atoms with Crippen molar-refractivity contribution in [3.8, 4) is 10.6 Å². The van der Waals surface area contributed by atoms with Crippen molar-refractivity contribution < 1.29 is 9.53 Å². The molecule has 1 aromatic carbocycles. The average Bonchev–Trinajstić information content (AvgIpc) is 3.08. The van der Waals surface area contributed by atoms with Gasteiger partial charge < -0.3 is 20.3 Å². The van der Waals surface area contributed by atoms with Gasteiger partial charge in [0.05, 0.1) is 18.3 Å². The van der Waals surface area contributed by atoms with E-state index in [0.717, 1.165) is 16.3 Å². The van der Waals surface area contributed by atoms with E-state index in [2.05, 4.69) is 38.1 Å². The van der Waals surface area contributed by atoms with Crippen LogP contribution in [0.15, 0.2) is 40.7 Å². The summed E-state index contributed by atoms with van der Waals surface area (Å²) < 4.78 is 5.37. The highest BCUT2D eigenvalue weighted by atomic mass is 127. The Morgan fingerprint density at radius 3 is 2.62 bits per heavy atom. The molecule has 0 aliphatic carbocycles. The molecule has 3 rings (SSSR count). The molecule has 9 heteroatoms. The van der Waals surface area contributed by atoms with Crippen molar-refractivity contribution in [2.75, 3.05) is 20.1 Å². The van der Waals surface area contributed by atoms with Gasteiger partial charge in [-0.25, -0.2) is 9.78 Å². The molecule has 0 spiro atoms. The predicted molar refractivity (Wildman–Crippen MR) is 128 cm³/mol. The van der Waals surface area contributed by atoms with Crippen LogP contribution in [0.3, 0.4) is 0 Å². The first-order valence-electron chi connectivity index (χ1n) is 9.29. The third kappa shape index (κ3) is 6.84. The van der Waals surface area contributed by atoms with Crippen molar-refractivity contribution in [1.82, 2.24) is 20.5 Å². The second-order valence-electron chi connectivity index (χ2n) is 7.66. The number of nitrogens with one attached hydrogen (secondary N) is 2. The topological polar surface area (TPSA) is 78.9 Å². The molecule has 7 nitrogen and oxygen atoms in total. The number of rotatable bonds is 4. The van der Waals surface area contributed by atoms with Crippen LogP contribution in [0, 0.1) is 0 Å². The number of hydrogen-bond donors (Lipinski definition) is 2. The number of hydrogen-bond acceptors (Lipinski definition) is 5. The molecular weight excluding hydrogens is 501 g/mol. The largest absolute Gasteiger partial charge is 0.444 e. The summed E-state index contributed by atoms with van der Waals surface area (Å²) in [7, 11) is 1.73. The van der Waals surface area contributed by atoms with Crippen molar-refractivity contribution in [2.24, 2.45) is 4.99 Å². The second-order valence-corrected chi connectivity index (χ2v) is 8.52. The van der Waals surface area contributed by atoms with Crippen molar-refractivity contribution in [2.45, 2.75) is 39.0 Å². The van der Waals surface area contributed by atoms with Gasteiger partial charge in [0, 0.05) is 31.1 Å². The Morgan fingerprint density at radius 2 is 2.00 bits per heavy atom. The van der Waals surface area contributed by atoms with Gasteiger partial charge in [-0.2, -0.15) is 0 Å². The molecule has 1 saturated heterocycles. The fourth-order valence-corrected chi connectivity index (χ4v) is 3.54. The normalized spacial score (nSPS) is 14.6. The van der Waals surface area contributed by atoms with E-state index >= 15 is 0 Å². The van der Waals surface area contributed by atoms with E-state index in [9.17, 15) is 4.79 Å². The quantitative estimate of drug-likeness (QED) is 0.359. The summed E-state index contributed by atoms with van der Waals surface area (Å²) in [5.74, 6) is 0.697. The minimum Gasteiger partial charge on any atom is -0.444 e. The first-order chi connectivity index (χ1) is 13.3. The van der Waals surface area contributed by atoms with Gasteiger partial charge in [-0.1, -0.05) is 30.3 Å². The molecular formula is C20H28IN5O2S. The number of carbonyl (C=O) groups excluding carboxylic acids is 1. The van der Waals surface area contributed by atoms with Crippen LogP contribution in [-0.4, -0.2) is 53.7 Å². The number of aliphatic imine (C=N–C) groups is 1. The summed E-state index contributed by atoms with van der Waals surface area (Å²) in [6.45, 7) is 7.40. The number of aromatic nitrogens is 1. The summed E-state index contributed by atoms with van der Waals surface area (Å²) in [5.41, 5.74) is 1.62. The van der Waals surface area contributed by atoms with Gasteiger partial charge in [0.2, 0.25) is 0 Å². The Hall–Kier alpha value is -1.88. The third-order valence-electron chi connectivity index (χ3n) is 4.11. The molecule has 0 atom stereocenters. The van der Waals surface area contributed by atoms with E-state index in [-0.39, 0.29) is 36.1 Å².